The van der Waals surface area contributed by atoms with Crippen molar-refractivity contribution in [3.8, 4) is 6.07 Å². The monoisotopic (exact) mass is 301 g/mol. The van der Waals surface area contributed by atoms with E-state index in [0.717, 1.165) is 13.0 Å². The normalized spacial score (nSPS) is 10.1. The predicted octanol–water partition coefficient (Wildman–Crippen LogP) is 2.29. The van der Waals surface area contributed by atoms with Crippen molar-refractivity contribution >= 4 is 23.5 Å². The zero-order valence-electron chi connectivity index (χ0n) is 11.6. The second kappa shape index (κ2) is 7.45. The molecule has 2 aromatic rings. The minimum atomic E-state index is -0.123. The molecule has 0 aromatic carbocycles. The molecule has 0 spiro atoms. The van der Waals surface area contributed by atoms with Crippen molar-refractivity contribution in [1.29, 1.82) is 5.26 Å². The molecule has 0 aliphatic rings. The van der Waals surface area contributed by atoms with Gasteiger partial charge in [-0.15, -0.1) is 0 Å². The molecular weight excluding hydrogens is 286 g/mol. The van der Waals surface area contributed by atoms with Crippen LogP contribution in [0.3, 0.4) is 0 Å². The molecule has 2 aromatic heterocycles. The van der Waals surface area contributed by atoms with Crippen LogP contribution in [0.15, 0.2) is 35.6 Å². The number of rotatable bonds is 6. The molecule has 0 saturated heterocycles. The summed E-state index contributed by atoms with van der Waals surface area (Å²) in [5.41, 5.74) is 0.536. The van der Waals surface area contributed by atoms with E-state index in [9.17, 15) is 4.79 Å². The second-order valence-electron chi connectivity index (χ2n) is 4.27. The van der Waals surface area contributed by atoms with Crippen LogP contribution in [0.4, 0.5) is 5.82 Å². The third-order valence-electron chi connectivity index (χ3n) is 2.63. The van der Waals surface area contributed by atoms with Gasteiger partial charge in [-0.25, -0.2) is 9.67 Å². The van der Waals surface area contributed by atoms with E-state index in [-0.39, 0.29) is 11.7 Å². The van der Waals surface area contributed by atoms with Crippen LogP contribution in [0.25, 0.3) is 0 Å². The Morgan fingerprint density at radius 1 is 1.48 bits per heavy atom. The summed E-state index contributed by atoms with van der Waals surface area (Å²) in [6, 6.07) is 7.12. The van der Waals surface area contributed by atoms with Gasteiger partial charge in [-0.05, 0) is 18.6 Å². The number of amides is 1. The van der Waals surface area contributed by atoms with E-state index >= 15 is 0 Å². The lowest BCUT2D eigenvalue weighted by molar-refractivity contribution is -0.113. The third kappa shape index (κ3) is 4.33. The van der Waals surface area contributed by atoms with Crippen molar-refractivity contribution in [2.24, 2.45) is 0 Å². The number of nitrogens with one attached hydrogen (secondary N) is 1. The average molecular weight is 301 g/mol. The van der Waals surface area contributed by atoms with Gasteiger partial charge in [0.25, 0.3) is 0 Å². The van der Waals surface area contributed by atoms with Crippen LogP contribution >= 0.6 is 11.8 Å². The molecule has 7 heteroatoms. The van der Waals surface area contributed by atoms with Crippen LogP contribution in [-0.4, -0.2) is 26.4 Å². The number of aryl methyl sites for hydroxylation is 1. The molecule has 0 unspecified atom stereocenters. The summed E-state index contributed by atoms with van der Waals surface area (Å²) in [6.45, 7) is 2.82. The van der Waals surface area contributed by atoms with Gasteiger partial charge < -0.3 is 5.32 Å². The van der Waals surface area contributed by atoms with Gasteiger partial charge in [-0.2, -0.15) is 10.4 Å². The van der Waals surface area contributed by atoms with Crippen LogP contribution in [0.2, 0.25) is 0 Å². The summed E-state index contributed by atoms with van der Waals surface area (Å²) in [5.74, 6) is 0.808. The van der Waals surface area contributed by atoms with E-state index in [1.807, 2.05) is 6.07 Å². The molecule has 0 radical (unpaired) electrons. The first kappa shape index (κ1) is 15.1. The minimum Gasteiger partial charge on any atom is -0.310 e. The molecule has 108 valence electrons. The topological polar surface area (TPSA) is 83.6 Å². The van der Waals surface area contributed by atoms with Crippen molar-refractivity contribution in [3.63, 3.8) is 0 Å². The fraction of sp³-hybridized carbons (Fsp3) is 0.286. The summed E-state index contributed by atoms with van der Waals surface area (Å²) in [6.07, 6.45) is 4.18. The number of nitriles is 1. The van der Waals surface area contributed by atoms with Gasteiger partial charge in [0, 0.05) is 18.8 Å². The second-order valence-corrected chi connectivity index (χ2v) is 5.27. The molecule has 0 saturated carbocycles. The standard InChI is InChI=1S/C14H15N5OS/c1-2-7-19-12(4-6-17-19)18-13(20)10-21-14-8-11(9-15)3-5-16-14/h3-6,8H,2,7,10H2,1H3,(H,18,20). The minimum absolute atomic E-state index is 0.123. The fourth-order valence-electron chi connectivity index (χ4n) is 1.71. The molecule has 0 atom stereocenters. The van der Waals surface area contributed by atoms with E-state index in [0.29, 0.717) is 16.4 Å². The molecule has 2 rings (SSSR count). The summed E-state index contributed by atoms with van der Waals surface area (Å²) < 4.78 is 1.76. The van der Waals surface area contributed by atoms with Crippen molar-refractivity contribution in [1.82, 2.24) is 14.8 Å². The maximum atomic E-state index is 11.9. The zero-order valence-corrected chi connectivity index (χ0v) is 12.4. The number of thioether (sulfide) groups is 1. The molecule has 0 bridgehead atoms. The molecule has 0 fully saturated rings. The summed E-state index contributed by atoms with van der Waals surface area (Å²) >= 11 is 1.30. The Balaban J connectivity index is 1.90. The van der Waals surface area contributed by atoms with Gasteiger partial charge >= 0.3 is 0 Å². The van der Waals surface area contributed by atoms with Crippen molar-refractivity contribution < 1.29 is 4.79 Å². The van der Waals surface area contributed by atoms with Crippen LogP contribution in [0, 0.1) is 11.3 Å². The Morgan fingerprint density at radius 3 is 3.10 bits per heavy atom. The van der Waals surface area contributed by atoms with Crippen molar-refractivity contribution in [3.05, 3.63) is 36.2 Å². The molecule has 1 amide bonds. The smallest absolute Gasteiger partial charge is 0.235 e. The Bertz CT molecular complexity index is 661. The summed E-state index contributed by atoms with van der Waals surface area (Å²) in [5, 5.41) is 16.4. The van der Waals surface area contributed by atoms with E-state index in [4.69, 9.17) is 5.26 Å². The lowest BCUT2D eigenvalue weighted by Crippen LogP contribution is -2.17. The maximum Gasteiger partial charge on any atom is 0.235 e. The van der Waals surface area contributed by atoms with Gasteiger partial charge in [0.05, 0.1) is 28.6 Å². The first-order valence-electron chi connectivity index (χ1n) is 6.53. The number of carbonyl (C=O) groups excluding carboxylic acids is 1. The quantitative estimate of drug-likeness (QED) is 0.828. The lowest BCUT2D eigenvalue weighted by atomic mass is 10.3. The Labute approximate surface area is 127 Å². The number of anilines is 1. The number of carbonyl (C=O) groups is 1. The molecular formula is C14H15N5OS. The summed E-state index contributed by atoms with van der Waals surface area (Å²) in [7, 11) is 0. The fourth-order valence-corrected chi connectivity index (χ4v) is 2.40. The van der Waals surface area contributed by atoms with Gasteiger partial charge in [-0.3, -0.25) is 4.79 Å². The lowest BCUT2D eigenvalue weighted by Gasteiger charge is -2.07. The number of aromatic nitrogens is 3. The maximum absolute atomic E-state index is 11.9. The van der Waals surface area contributed by atoms with Gasteiger partial charge in [-0.1, -0.05) is 18.7 Å². The molecule has 6 nitrogen and oxygen atoms in total. The van der Waals surface area contributed by atoms with Crippen LogP contribution in [0.5, 0.6) is 0 Å². The molecule has 21 heavy (non-hydrogen) atoms. The number of hydrogen-bond donors (Lipinski definition) is 1. The van der Waals surface area contributed by atoms with E-state index < -0.39 is 0 Å². The van der Waals surface area contributed by atoms with Gasteiger partial charge in [0.15, 0.2) is 0 Å². The van der Waals surface area contributed by atoms with Crippen LogP contribution < -0.4 is 5.32 Å². The SMILES string of the molecule is CCCn1nccc1NC(=O)CSc1cc(C#N)ccn1. The van der Waals surface area contributed by atoms with Gasteiger partial charge in [0.2, 0.25) is 5.91 Å². The van der Waals surface area contributed by atoms with Crippen LogP contribution in [0.1, 0.15) is 18.9 Å². The summed E-state index contributed by atoms with van der Waals surface area (Å²) in [4.78, 5) is 16.0. The first-order valence-corrected chi connectivity index (χ1v) is 7.52. The predicted molar refractivity (Wildman–Crippen MR) is 80.8 cm³/mol. The molecule has 1 N–H and O–H groups in total. The van der Waals surface area contributed by atoms with Crippen molar-refractivity contribution in [2.75, 3.05) is 11.1 Å². The zero-order chi connectivity index (χ0) is 15.1. The number of nitrogens with zero attached hydrogens (tertiary/aromatic N) is 4. The Kier molecular flexibility index (Phi) is 5.35. The first-order chi connectivity index (χ1) is 10.2. The average Bonchev–Trinajstić information content (AvgIpc) is 2.93. The third-order valence-corrected chi connectivity index (χ3v) is 3.56. The van der Waals surface area contributed by atoms with Crippen molar-refractivity contribution in [2.45, 2.75) is 24.9 Å². The highest BCUT2D eigenvalue weighted by atomic mass is 32.2. The largest absolute Gasteiger partial charge is 0.310 e. The Hall–Kier alpha value is -2.33. The van der Waals surface area contributed by atoms with E-state index in [1.165, 1.54) is 11.8 Å². The highest BCUT2D eigenvalue weighted by Crippen LogP contribution is 2.16. The highest BCUT2D eigenvalue weighted by Gasteiger charge is 2.08. The molecule has 2 heterocycles. The van der Waals surface area contributed by atoms with Gasteiger partial charge in [0.1, 0.15) is 5.82 Å². The van der Waals surface area contributed by atoms with E-state index in [1.54, 1.807) is 35.3 Å². The Morgan fingerprint density at radius 2 is 2.33 bits per heavy atom. The molecule has 0 aliphatic heterocycles. The molecule has 0 aliphatic carbocycles. The highest BCUT2D eigenvalue weighted by molar-refractivity contribution is 7.99. The number of hydrogen-bond acceptors (Lipinski definition) is 5. The van der Waals surface area contributed by atoms with Crippen LogP contribution in [-0.2, 0) is 11.3 Å². The van der Waals surface area contributed by atoms with E-state index in [2.05, 4.69) is 22.3 Å². The number of pyridine rings is 1.